The largest absolute Gasteiger partial charge is 0.493 e. The van der Waals surface area contributed by atoms with Crippen LogP contribution in [0.25, 0.3) is 0 Å². The number of nitrogens with one attached hydrogen (secondary N) is 1. The first-order valence-electron chi connectivity index (χ1n) is 11.3. The molecule has 1 aromatic carbocycles. The Bertz CT molecular complexity index is 934. The number of hydrogen-bond donors (Lipinski definition) is 1. The van der Waals surface area contributed by atoms with Crippen molar-refractivity contribution >= 4 is 6.09 Å². The number of hydrogen-bond acceptors (Lipinski definition) is 6. The van der Waals surface area contributed by atoms with Crippen molar-refractivity contribution in [3.63, 3.8) is 0 Å². The lowest BCUT2D eigenvalue weighted by atomic mass is 10.1. The summed E-state index contributed by atoms with van der Waals surface area (Å²) in [5.74, 6) is 3.09. The average Bonchev–Trinajstić information content (AvgIpc) is 3.46. The molecule has 1 aliphatic carbocycles. The molecule has 0 saturated heterocycles. The van der Waals surface area contributed by atoms with Gasteiger partial charge in [0.05, 0.1) is 24.5 Å². The predicted molar refractivity (Wildman–Crippen MR) is 120 cm³/mol. The van der Waals surface area contributed by atoms with Gasteiger partial charge in [0.1, 0.15) is 35.6 Å². The highest BCUT2D eigenvalue weighted by molar-refractivity contribution is 5.68. The van der Waals surface area contributed by atoms with Crippen LogP contribution in [0.1, 0.15) is 57.9 Å². The van der Waals surface area contributed by atoms with Crippen LogP contribution in [0.15, 0.2) is 36.5 Å². The molecule has 4 rings (SSSR count). The van der Waals surface area contributed by atoms with Crippen LogP contribution in [0.3, 0.4) is 0 Å². The van der Waals surface area contributed by atoms with E-state index >= 15 is 0 Å². The topological polar surface area (TPSA) is 78.9 Å². The molecule has 7 nitrogen and oxygen atoms in total. The van der Waals surface area contributed by atoms with E-state index in [0.717, 1.165) is 41.7 Å². The quantitative estimate of drug-likeness (QED) is 0.633. The van der Waals surface area contributed by atoms with E-state index in [1.165, 1.54) is 12.8 Å². The van der Waals surface area contributed by atoms with Crippen molar-refractivity contribution in [2.45, 2.75) is 64.7 Å². The van der Waals surface area contributed by atoms with Gasteiger partial charge in [-0.05, 0) is 70.2 Å². The Hall–Kier alpha value is -2.96. The maximum atomic E-state index is 11.8. The number of amides is 1. The van der Waals surface area contributed by atoms with Gasteiger partial charge in [-0.2, -0.15) is 0 Å². The van der Waals surface area contributed by atoms with Crippen molar-refractivity contribution in [3.05, 3.63) is 47.8 Å². The second-order valence-electron chi connectivity index (χ2n) is 9.61. The molecule has 1 amide bonds. The summed E-state index contributed by atoms with van der Waals surface area (Å²) in [6, 6.07) is 9.67. The van der Waals surface area contributed by atoms with Crippen LogP contribution in [-0.2, 0) is 11.2 Å². The zero-order valence-corrected chi connectivity index (χ0v) is 19.2. The SMILES string of the molecule is C[C@@H](COc1ccc(C2Cc3ccc(OCC4CC4)cc3O2)nc1)NC(=O)OC(C)(C)C. The highest BCUT2D eigenvalue weighted by atomic mass is 16.6. The Kier molecular flexibility index (Phi) is 6.44. The van der Waals surface area contributed by atoms with E-state index in [1.54, 1.807) is 6.20 Å². The highest BCUT2D eigenvalue weighted by Crippen LogP contribution is 2.39. The van der Waals surface area contributed by atoms with E-state index < -0.39 is 11.7 Å². The second-order valence-corrected chi connectivity index (χ2v) is 9.61. The minimum atomic E-state index is -0.530. The third kappa shape index (κ3) is 6.28. The fourth-order valence-corrected chi connectivity index (χ4v) is 3.40. The molecule has 32 heavy (non-hydrogen) atoms. The number of aromatic nitrogens is 1. The summed E-state index contributed by atoms with van der Waals surface area (Å²) in [4.78, 5) is 16.4. The smallest absolute Gasteiger partial charge is 0.407 e. The molecule has 0 bridgehead atoms. The van der Waals surface area contributed by atoms with Gasteiger partial charge in [0.2, 0.25) is 0 Å². The Morgan fingerprint density at radius 2 is 1.97 bits per heavy atom. The number of rotatable bonds is 8. The summed E-state index contributed by atoms with van der Waals surface area (Å²) in [6.07, 6.45) is 4.43. The van der Waals surface area contributed by atoms with Crippen molar-refractivity contribution in [2.24, 2.45) is 5.92 Å². The number of benzene rings is 1. The summed E-state index contributed by atoms with van der Waals surface area (Å²) < 4.78 is 23.0. The number of nitrogens with zero attached hydrogens (tertiary/aromatic N) is 1. The molecule has 1 N–H and O–H groups in total. The Balaban J connectivity index is 1.25. The van der Waals surface area contributed by atoms with Crippen LogP contribution in [0.2, 0.25) is 0 Å². The Morgan fingerprint density at radius 3 is 2.66 bits per heavy atom. The van der Waals surface area contributed by atoms with Crippen molar-refractivity contribution < 1.29 is 23.7 Å². The summed E-state index contributed by atoms with van der Waals surface area (Å²) >= 11 is 0. The second kappa shape index (κ2) is 9.27. The van der Waals surface area contributed by atoms with E-state index in [4.69, 9.17) is 18.9 Å². The molecule has 2 heterocycles. The molecule has 172 valence electrons. The molecule has 2 aromatic rings. The maximum absolute atomic E-state index is 11.8. The molecular formula is C25H32N2O5. The van der Waals surface area contributed by atoms with Crippen molar-refractivity contribution in [1.29, 1.82) is 0 Å². The number of pyridine rings is 1. The van der Waals surface area contributed by atoms with Gasteiger partial charge >= 0.3 is 6.09 Å². The third-order valence-corrected chi connectivity index (χ3v) is 5.25. The van der Waals surface area contributed by atoms with Gasteiger partial charge < -0.3 is 24.3 Å². The van der Waals surface area contributed by atoms with E-state index in [9.17, 15) is 4.79 Å². The van der Waals surface area contributed by atoms with Gasteiger partial charge in [0.15, 0.2) is 0 Å². The number of fused-ring (bicyclic) bond motifs is 1. The molecule has 2 atom stereocenters. The van der Waals surface area contributed by atoms with Crippen LogP contribution in [-0.4, -0.2) is 35.9 Å². The third-order valence-electron chi connectivity index (χ3n) is 5.25. The first-order valence-corrected chi connectivity index (χ1v) is 11.3. The number of carbonyl (C=O) groups excluding carboxylic acids is 1. The summed E-state index contributed by atoms with van der Waals surface area (Å²) in [6.45, 7) is 8.45. The van der Waals surface area contributed by atoms with E-state index in [1.807, 2.05) is 52.0 Å². The minimum absolute atomic E-state index is 0.120. The van der Waals surface area contributed by atoms with Crippen LogP contribution < -0.4 is 19.5 Å². The molecular weight excluding hydrogens is 408 g/mol. The van der Waals surface area contributed by atoms with Crippen LogP contribution in [0.5, 0.6) is 17.2 Å². The van der Waals surface area contributed by atoms with Gasteiger partial charge in [0.25, 0.3) is 0 Å². The highest BCUT2D eigenvalue weighted by Gasteiger charge is 2.27. The lowest BCUT2D eigenvalue weighted by Gasteiger charge is -2.22. The molecule has 2 aliphatic rings. The Morgan fingerprint density at radius 1 is 1.19 bits per heavy atom. The predicted octanol–water partition coefficient (Wildman–Crippen LogP) is 4.84. The van der Waals surface area contributed by atoms with Crippen LogP contribution in [0.4, 0.5) is 4.79 Å². The van der Waals surface area contributed by atoms with Gasteiger partial charge in [-0.3, -0.25) is 4.98 Å². The van der Waals surface area contributed by atoms with Gasteiger partial charge in [-0.25, -0.2) is 4.79 Å². The number of alkyl carbamates (subject to hydrolysis) is 1. The summed E-state index contributed by atoms with van der Waals surface area (Å²) in [5.41, 5.74) is 1.49. The van der Waals surface area contributed by atoms with Crippen molar-refractivity contribution in [3.8, 4) is 17.2 Å². The molecule has 1 saturated carbocycles. The molecule has 1 unspecified atom stereocenters. The number of ether oxygens (including phenoxy) is 4. The first-order chi connectivity index (χ1) is 15.2. The minimum Gasteiger partial charge on any atom is -0.493 e. The average molecular weight is 441 g/mol. The normalized spacial score (nSPS) is 18.3. The van der Waals surface area contributed by atoms with E-state index in [0.29, 0.717) is 12.4 Å². The van der Waals surface area contributed by atoms with Crippen LogP contribution >= 0.6 is 0 Å². The molecule has 1 aromatic heterocycles. The lowest BCUT2D eigenvalue weighted by molar-refractivity contribution is 0.0494. The molecule has 1 fully saturated rings. The number of carbonyl (C=O) groups is 1. The van der Waals surface area contributed by atoms with E-state index in [-0.39, 0.29) is 12.1 Å². The van der Waals surface area contributed by atoms with Crippen molar-refractivity contribution in [1.82, 2.24) is 10.3 Å². The van der Waals surface area contributed by atoms with Crippen molar-refractivity contribution in [2.75, 3.05) is 13.2 Å². The maximum Gasteiger partial charge on any atom is 0.407 e. The zero-order chi connectivity index (χ0) is 22.7. The van der Waals surface area contributed by atoms with Crippen LogP contribution in [0, 0.1) is 5.92 Å². The summed E-state index contributed by atoms with van der Waals surface area (Å²) in [5, 5.41) is 2.76. The van der Waals surface area contributed by atoms with Gasteiger partial charge in [0, 0.05) is 12.5 Å². The Labute approximate surface area is 189 Å². The monoisotopic (exact) mass is 440 g/mol. The standard InChI is InChI=1S/C25H32N2O5/c1-16(27-24(28)32-25(2,3)4)14-29-20-9-10-21(26-13-20)23-11-18-7-8-19(12-22(18)31-23)30-15-17-5-6-17/h7-10,12-13,16-17,23H,5-6,11,14-15H2,1-4H3,(H,27,28)/t16-,23?/m0/s1. The summed E-state index contributed by atoms with van der Waals surface area (Å²) in [7, 11) is 0. The molecule has 1 aliphatic heterocycles. The first kappa shape index (κ1) is 22.2. The fraction of sp³-hybridized carbons (Fsp3) is 0.520. The zero-order valence-electron chi connectivity index (χ0n) is 19.2. The molecule has 0 radical (unpaired) electrons. The molecule has 0 spiro atoms. The van der Waals surface area contributed by atoms with Gasteiger partial charge in [-0.15, -0.1) is 0 Å². The van der Waals surface area contributed by atoms with E-state index in [2.05, 4.69) is 16.4 Å². The van der Waals surface area contributed by atoms with Gasteiger partial charge in [-0.1, -0.05) is 6.07 Å². The molecule has 7 heteroatoms. The lowest BCUT2D eigenvalue weighted by Crippen LogP contribution is -2.40. The fourth-order valence-electron chi connectivity index (χ4n) is 3.40.